The van der Waals surface area contributed by atoms with E-state index in [9.17, 15) is 9.18 Å². The molecule has 3 aromatic rings. The van der Waals surface area contributed by atoms with Crippen LogP contribution in [0.3, 0.4) is 0 Å². The van der Waals surface area contributed by atoms with Gasteiger partial charge < -0.3 is 0 Å². The molecular weight excluding hydrogens is 371 g/mol. The van der Waals surface area contributed by atoms with Crippen molar-refractivity contribution in [2.75, 3.05) is 0 Å². The average molecular weight is 385 g/mol. The van der Waals surface area contributed by atoms with Crippen molar-refractivity contribution in [2.24, 2.45) is 5.10 Å². The lowest BCUT2D eigenvalue weighted by Gasteiger charge is -2.20. The molecule has 2 aromatic carbocycles. The molecule has 3 nitrogen and oxygen atoms in total. The van der Waals surface area contributed by atoms with E-state index < -0.39 is 0 Å². The molecule has 4 rings (SSSR count). The number of nitrogens with zero attached hydrogens (tertiary/aromatic N) is 2. The van der Waals surface area contributed by atoms with E-state index in [1.165, 1.54) is 29.3 Å². The SMILES string of the molecule is O=C(c1ccc(F)cc1)N1N=C(c2ccc(Cl)cc2)CC1c1cccs1. The maximum absolute atomic E-state index is 13.2. The van der Waals surface area contributed by atoms with Crippen LogP contribution in [0.15, 0.2) is 71.1 Å². The first-order valence-electron chi connectivity index (χ1n) is 8.08. The first-order valence-corrected chi connectivity index (χ1v) is 9.33. The summed E-state index contributed by atoms with van der Waals surface area (Å²) in [6.07, 6.45) is 0.620. The lowest BCUT2D eigenvalue weighted by Crippen LogP contribution is -2.26. The van der Waals surface area contributed by atoms with Gasteiger partial charge in [-0.15, -0.1) is 11.3 Å². The Morgan fingerprint density at radius 3 is 2.50 bits per heavy atom. The quantitative estimate of drug-likeness (QED) is 0.584. The number of rotatable bonds is 3. The van der Waals surface area contributed by atoms with Crippen molar-refractivity contribution in [1.29, 1.82) is 0 Å². The summed E-state index contributed by atoms with van der Waals surface area (Å²) in [6.45, 7) is 0. The molecule has 0 saturated carbocycles. The summed E-state index contributed by atoms with van der Waals surface area (Å²) in [5, 5.41) is 8.73. The van der Waals surface area contributed by atoms with Crippen LogP contribution in [0, 0.1) is 5.82 Å². The van der Waals surface area contributed by atoms with Crippen LogP contribution in [-0.2, 0) is 0 Å². The molecule has 0 spiro atoms. The van der Waals surface area contributed by atoms with Crippen molar-refractivity contribution in [3.05, 3.63) is 92.9 Å². The van der Waals surface area contributed by atoms with Crippen LogP contribution < -0.4 is 0 Å². The van der Waals surface area contributed by atoms with Crippen LogP contribution in [0.2, 0.25) is 5.02 Å². The zero-order valence-corrected chi connectivity index (χ0v) is 15.2. The van der Waals surface area contributed by atoms with Gasteiger partial charge in [0, 0.05) is 21.9 Å². The normalized spacial score (nSPS) is 16.6. The molecule has 1 aliphatic rings. The van der Waals surface area contributed by atoms with Gasteiger partial charge in [0.05, 0.1) is 11.8 Å². The van der Waals surface area contributed by atoms with E-state index in [0.717, 1.165) is 16.2 Å². The second-order valence-electron chi connectivity index (χ2n) is 5.95. The molecule has 0 N–H and O–H groups in total. The van der Waals surface area contributed by atoms with Crippen molar-refractivity contribution in [1.82, 2.24) is 5.01 Å². The number of carbonyl (C=O) groups is 1. The van der Waals surface area contributed by atoms with Crippen LogP contribution >= 0.6 is 22.9 Å². The van der Waals surface area contributed by atoms with Crippen LogP contribution in [-0.4, -0.2) is 16.6 Å². The number of benzene rings is 2. The lowest BCUT2D eigenvalue weighted by atomic mass is 10.0. The van der Waals surface area contributed by atoms with Gasteiger partial charge >= 0.3 is 0 Å². The predicted octanol–water partition coefficient (Wildman–Crippen LogP) is 5.53. The number of hydrogen-bond donors (Lipinski definition) is 0. The molecule has 26 heavy (non-hydrogen) atoms. The minimum atomic E-state index is -0.372. The molecule has 130 valence electrons. The summed E-state index contributed by atoms with van der Waals surface area (Å²) in [6, 6.07) is 16.8. The Morgan fingerprint density at radius 2 is 1.85 bits per heavy atom. The predicted molar refractivity (Wildman–Crippen MR) is 102 cm³/mol. The zero-order valence-electron chi connectivity index (χ0n) is 13.6. The van der Waals surface area contributed by atoms with Crippen molar-refractivity contribution >= 4 is 34.6 Å². The van der Waals surface area contributed by atoms with Crippen LogP contribution in [0.5, 0.6) is 0 Å². The molecule has 2 heterocycles. The first-order chi connectivity index (χ1) is 12.6. The third-order valence-electron chi connectivity index (χ3n) is 4.26. The molecule has 0 radical (unpaired) electrons. The molecule has 0 bridgehead atoms. The largest absolute Gasteiger partial charge is 0.274 e. The smallest absolute Gasteiger partial charge is 0.267 e. The molecule has 1 aliphatic heterocycles. The second-order valence-corrected chi connectivity index (χ2v) is 7.36. The Balaban J connectivity index is 1.70. The maximum Gasteiger partial charge on any atom is 0.274 e. The van der Waals surface area contributed by atoms with Gasteiger partial charge in [-0.05, 0) is 53.4 Å². The van der Waals surface area contributed by atoms with Gasteiger partial charge in [-0.2, -0.15) is 5.10 Å². The highest BCUT2D eigenvalue weighted by Crippen LogP contribution is 2.36. The molecule has 0 fully saturated rings. The number of carbonyl (C=O) groups excluding carboxylic acids is 1. The molecule has 0 saturated heterocycles. The molecule has 1 unspecified atom stereocenters. The third-order valence-corrected chi connectivity index (χ3v) is 5.48. The molecule has 1 atom stereocenters. The third kappa shape index (κ3) is 3.28. The fraction of sp³-hybridized carbons (Fsp3) is 0.100. The van der Waals surface area contributed by atoms with E-state index in [1.54, 1.807) is 11.3 Å². The highest BCUT2D eigenvalue weighted by Gasteiger charge is 2.34. The highest BCUT2D eigenvalue weighted by atomic mass is 35.5. The fourth-order valence-electron chi connectivity index (χ4n) is 2.94. The van der Waals surface area contributed by atoms with Gasteiger partial charge in [-0.1, -0.05) is 29.8 Å². The minimum absolute atomic E-state index is 0.168. The Morgan fingerprint density at radius 1 is 1.12 bits per heavy atom. The number of halogens is 2. The van der Waals surface area contributed by atoms with E-state index in [0.29, 0.717) is 17.0 Å². The Hall–Kier alpha value is -2.50. The summed E-state index contributed by atoms with van der Waals surface area (Å²) in [7, 11) is 0. The van der Waals surface area contributed by atoms with Gasteiger partial charge in [-0.25, -0.2) is 9.40 Å². The van der Waals surface area contributed by atoms with Crippen molar-refractivity contribution in [3.8, 4) is 0 Å². The van der Waals surface area contributed by atoms with E-state index in [4.69, 9.17) is 11.6 Å². The summed E-state index contributed by atoms with van der Waals surface area (Å²) < 4.78 is 13.2. The summed E-state index contributed by atoms with van der Waals surface area (Å²) in [4.78, 5) is 14.0. The highest BCUT2D eigenvalue weighted by molar-refractivity contribution is 7.10. The number of hydrazone groups is 1. The summed E-state index contributed by atoms with van der Waals surface area (Å²) >= 11 is 7.56. The number of amides is 1. The minimum Gasteiger partial charge on any atom is -0.267 e. The molecular formula is C20H14ClFN2OS. The monoisotopic (exact) mass is 384 g/mol. The van der Waals surface area contributed by atoms with E-state index >= 15 is 0 Å². The van der Waals surface area contributed by atoms with Crippen molar-refractivity contribution in [3.63, 3.8) is 0 Å². The Labute approximate surface area is 159 Å². The zero-order chi connectivity index (χ0) is 18.1. The Bertz CT molecular complexity index is 952. The van der Waals surface area contributed by atoms with Gasteiger partial charge in [0.2, 0.25) is 0 Å². The van der Waals surface area contributed by atoms with Gasteiger partial charge in [-0.3, -0.25) is 4.79 Å². The molecule has 6 heteroatoms. The van der Waals surface area contributed by atoms with Crippen LogP contribution in [0.4, 0.5) is 4.39 Å². The van der Waals surface area contributed by atoms with E-state index in [-0.39, 0.29) is 17.8 Å². The van der Waals surface area contributed by atoms with Gasteiger partial charge in [0.1, 0.15) is 5.82 Å². The topological polar surface area (TPSA) is 32.7 Å². The van der Waals surface area contributed by atoms with Crippen LogP contribution in [0.25, 0.3) is 0 Å². The summed E-state index contributed by atoms with van der Waals surface area (Å²) in [5.41, 5.74) is 2.18. The maximum atomic E-state index is 13.2. The lowest BCUT2D eigenvalue weighted by molar-refractivity contribution is 0.0713. The molecule has 1 amide bonds. The van der Waals surface area contributed by atoms with Crippen molar-refractivity contribution < 1.29 is 9.18 Å². The van der Waals surface area contributed by atoms with E-state index in [1.807, 2.05) is 41.8 Å². The standard InChI is InChI=1S/C20H14ClFN2OS/c21-15-7-3-13(4-8-15)17-12-18(19-2-1-11-26-19)24(23-17)20(25)14-5-9-16(22)10-6-14/h1-11,18H,12H2. The van der Waals surface area contributed by atoms with Crippen LogP contribution in [0.1, 0.15) is 33.3 Å². The summed E-state index contributed by atoms with van der Waals surface area (Å²) in [5.74, 6) is -0.615. The average Bonchev–Trinajstić information content (AvgIpc) is 3.32. The first kappa shape index (κ1) is 16.9. The van der Waals surface area contributed by atoms with Gasteiger partial charge in [0.15, 0.2) is 0 Å². The molecule has 0 aliphatic carbocycles. The number of thiophene rings is 1. The fourth-order valence-corrected chi connectivity index (χ4v) is 3.88. The number of hydrogen-bond acceptors (Lipinski definition) is 3. The van der Waals surface area contributed by atoms with E-state index in [2.05, 4.69) is 5.10 Å². The Kier molecular flexibility index (Phi) is 4.57. The van der Waals surface area contributed by atoms with Crippen molar-refractivity contribution in [2.45, 2.75) is 12.5 Å². The second kappa shape index (κ2) is 7.02. The molecule has 1 aromatic heterocycles. The van der Waals surface area contributed by atoms with Gasteiger partial charge in [0.25, 0.3) is 5.91 Å².